The molecule has 1 N–H and O–H groups in total. The molecule has 1 aromatic carbocycles. The molecule has 2 atom stereocenters. The second-order valence-corrected chi connectivity index (χ2v) is 8.69. The van der Waals surface area contributed by atoms with Crippen molar-refractivity contribution in [2.24, 2.45) is 0 Å². The minimum Gasteiger partial charge on any atom is -0.345 e. The van der Waals surface area contributed by atoms with Crippen LogP contribution in [0.4, 0.5) is 5.82 Å². The molecule has 9 nitrogen and oxygen atoms in total. The van der Waals surface area contributed by atoms with Gasteiger partial charge < -0.3 is 9.88 Å². The molecule has 4 aromatic heterocycles. The molecule has 2 aliphatic heterocycles. The highest BCUT2D eigenvalue weighted by Gasteiger charge is 2.45. The van der Waals surface area contributed by atoms with Crippen molar-refractivity contribution in [2.45, 2.75) is 18.4 Å². The Hall–Kier alpha value is -4.16. The average molecular weight is 455 g/mol. The van der Waals surface area contributed by atoms with Crippen LogP contribution in [0.5, 0.6) is 0 Å². The van der Waals surface area contributed by atoms with Gasteiger partial charge in [-0.05, 0) is 24.1 Å². The highest BCUT2D eigenvalue weighted by molar-refractivity contribution is 6.33. The van der Waals surface area contributed by atoms with Gasteiger partial charge >= 0.3 is 0 Å². The lowest BCUT2D eigenvalue weighted by Crippen LogP contribution is -2.38. The molecule has 2 unspecified atom stereocenters. The molecule has 7 rings (SSSR count). The van der Waals surface area contributed by atoms with Crippen molar-refractivity contribution >= 4 is 34.0 Å². The van der Waals surface area contributed by atoms with Crippen LogP contribution in [0.2, 0.25) is 5.02 Å². The van der Waals surface area contributed by atoms with Gasteiger partial charge in [0.05, 0.1) is 27.7 Å². The van der Waals surface area contributed by atoms with Gasteiger partial charge in [0.25, 0.3) is 5.56 Å². The fraction of sp³-hybridized carbons (Fsp3) is 0.174. The first kappa shape index (κ1) is 18.4. The number of nitriles is 1. The molecule has 0 bridgehead atoms. The molecule has 0 radical (unpaired) electrons. The molecule has 0 saturated carbocycles. The number of rotatable bonds is 1. The number of nitrogens with zero attached hydrogens (tertiary/aromatic N) is 7. The Balaban J connectivity index is 1.54. The third-order valence-electron chi connectivity index (χ3n) is 6.74. The maximum absolute atomic E-state index is 13.6. The van der Waals surface area contributed by atoms with Crippen LogP contribution < -0.4 is 10.5 Å². The molecule has 1 fully saturated rings. The van der Waals surface area contributed by atoms with Crippen LogP contribution in [-0.2, 0) is 0 Å². The summed E-state index contributed by atoms with van der Waals surface area (Å²) in [5.41, 5.74) is 3.15. The number of aromatic amines is 1. The third-order valence-corrected chi connectivity index (χ3v) is 7.05. The third kappa shape index (κ3) is 2.30. The first-order valence-electron chi connectivity index (χ1n) is 10.6. The molecule has 33 heavy (non-hydrogen) atoms. The number of benzene rings is 1. The van der Waals surface area contributed by atoms with Crippen molar-refractivity contribution in [1.82, 2.24) is 29.1 Å². The zero-order chi connectivity index (χ0) is 22.3. The number of anilines is 1. The van der Waals surface area contributed by atoms with Gasteiger partial charge in [0.15, 0.2) is 5.82 Å². The Morgan fingerprint density at radius 1 is 1.21 bits per heavy atom. The first-order valence-corrected chi connectivity index (χ1v) is 10.9. The van der Waals surface area contributed by atoms with E-state index < -0.39 is 0 Å². The van der Waals surface area contributed by atoms with E-state index in [1.807, 2.05) is 18.2 Å². The minimum atomic E-state index is -0.238. The van der Waals surface area contributed by atoms with E-state index in [0.29, 0.717) is 45.3 Å². The Morgan fingerprint density at radius 2 is 2.09 bits per heavy atom. The summed E-state index contributed by atoms with van der Waals surface area (Å²) in [6.45, 7) is 0.701. The number of fused-ring (bicyclic) bond motifs is 8. The number of halogens is 1. The fourth-order valence-electron chi connectivity index (χ4n) is 5.40. The SMILES string of the molecule is N#Cc1c[nH]c2ncnc(N3CCC4c5ccccc5-n5c(nn6ccc(Cl)c6c5=O)C43)c12. The molecule has 1 saturated heterocycles. The topological polar surface area (TPSA) is 108 Å². The van der Waals surface area contributed by atoms with Gasteiger partial charge in [-0.3, -0.25) is 9.36 Å². The van der Waals surface area contributed by atoms with Crippen molar-refractivity contribution in [3.8, 4) is 11.8 Å². The smallest absolute Gasteiger partial charge is 0.284 e. The number of aromatic nitrogens is 6. The van der Waals surface area contributed by atoms with E-state index in [1.165, 1.54) is 6.33 Å². The Morgan fingerprint density at radius 3 is 2.97 bits per heavy atom. The van der Waals surface area contributed by atoms with Crippen molar-refractivity contribution in [3.05, 3.63) is 81.4 Å². The lowest BCUT2D eigenvalue weighted by atomic mass is 9.87. The summed E-state index contributed by atoms with van der Waals surface area (Å²) in [5.74, 6) is 1.41. The second-order valence-electron chi connectivity index (χ2n) is 8.28. The molecule has 0 spiro atoms. The molecular formula is C23H15ClN8O. The summed E-state index contributed by atoms with van der Waals surface area (Å²) in [6, 6.07) is 11.6. The lowest BCUT2D eigenvalue weighted by molar-refractivity contribution is 0.520. The summed E-state index contributed by atoms with van der Waals surface area (Å²) >= 11 is 6.33. The molecule has 0 aliphatic carbocycles. The van der Waals surface area contributed by atoms with E-state index in [9.17, 15) is 10.1 Å². The Bertz CT molecular complexity index is 1710. The maximum atomic E-state index is 13.6. The molecule has 2 aliphatic rings. The number of hydrogen-bond donors (Lipinski definition) is 1. The number of H-pyrrole nitrogens is 1. The normalized spacial score (nSPS) is 18.8. The molecule has 5 aromatic rings. The molecular weight excluding hydrogens is 440 g/mol. The van der Waals surface area contributed by atoms with Gasteiger partial charge in [0.2, 0.25) is 0 Å². The summed E-state index contributed by atoms with van der Waals surface area (Å²) in [4.78, 5) is 27.7. The van der Waals surface area contributed by atoms with E-state index in [2.05, 4.69) is 32.0 Å². The van der Waals surface area contributed by atoms with Crippen LogP contribution >= 0.6 is 11.6 Å². The monoisotopic (exact) mass is 454 g/mol. The zero-order valence-electron chi connectivity index (χ0n) is 17.1. The van der Waals surface area contributed by atoms with Gasteiger partial charge in [-0.15, -0.1) is 0 Å². The van der Waals surface area contributed by atoms with Crippen LogP contribution in [0.3, 0.4) is 0 Å². The van der Waals surface area contributed by atoms with E-state index >= 15 is 0 Å². The number of nitrogens with one attached hydrogen (secondary N) is 1. The van der Waals surface area contributed by atoms with Gasteiger partial charge in [-0.1, -0.05) is 29.8 Å². The first-order chi connectivity index (χ1) is 16.2. The van der Waals surface area contributed by atoms with Crippen LogP contribution in [0.1, 0.15) is 35.3 Å². The minimum absolute atomic E-state index is 0.117. The summed E-state index contributed by atoms with van der Waals surface area (Å²) in [7, 11) is 0. The summed E-state index contributed by atoms with van der Waals surface area (Å²) in [6.07, 6.45) is 5.71. The highest BCUT2D eigenvalue weighted by Crippen LogP contribution is 2.50. The Kier molecular flexibility index (Phi) is 3.59. The van der Waals surface area contributed by atoms with Gasteiger partial charge in [0, 0.05) is 24.9 Å². The molecule has 0 amide bonds. The van der Waals surface area contributed by atoms with Crippen molar-refractivity contribution in [1.29, 1.82) is 5.26 Å². The van der Waals surface area contributed by atoms with Crippen molar-refractivity contribution in [3.63, 3.8) is 0 Å². The van der Waals surface area contributed by atoms with E-state index in [4.69, 9.17) is 16.7 Å². The average Bonchev–Trinajstić information content (AvgIpc) is 3.56. The maximum Gasteiger partial charge on any atom is 0.284 e. The highest BCUT2D eigenvalue weighted by atomic mass is 35.5. The van der Waals surface area contributed by atoms with E-state index in [0.717, 1.165) is 17.7 Å². The Labute approximate surface area is 191 Å². The number of para-hydroxylation sites is 1. The standard InChI is InChI=1S/C23H15ClN8O/c24-15-6-8-31-19(15)23(33)32-16-4-2-1-3-13(16)14-5-7-30(18(14)22(32)29-31)21-17-12(9-25)10-26-20(17)27-11-28-21/h1-4,6,8,10-11,14,18H,5,7H2,(H,26,27,28). The molecule has 160 valence electrons. The van der Waals surface area contributed by atoms with Crippen LogP contribution in [0.15, 0.2) is 53.8 Å². The fourth-order valence-corrected chi connectivity index (χ4v) is 5.63. The summed E-state index contributed by atoms with van der Waals surface area (Å²) < 4.78 is 3.24. The zero-order valence-corrected chi connectivity index (χ0v) is 17.9. The summed E-state index contributed by atoms with van der Waals surface area (Å²) in [5, 5.41) is 15.6. The van der Waals surface area contributed by atoms with Crippen molar-refractivity contribution in [2.75, 3.05) is 11.4 Å². The predicted molar refractivity (Wildman–Crippen MR) is 122 cm³/mol. The van der Waals surface area contributed by atoms with Crippen LogP contribution in [-0.4, -0.2) is 35.7 Å². The van der Waals surface area contributed by atoms with Crippen molar-refractivity contribution < 1.29 is 0 Å². The molecule has 6 heterocycles. The van der Waals surface area contributed by atoms with E-state index in [-0.39, 0.29) is 17.5 Å². The van der Waals surface area contributed by atoms with Gasteiger partial charge in [0.1, 0.15) is 29.4 Å². The van der Waals surface area contributed by atoms with Crippen LogP contribution in [0.25, 0.3) is 22.2 Å². The van der Waals surface area contributed by atoms with E-state index in [1.54, 1.807) is 27.5 Å². The van der Waals surface area contributed by atoms with Gasteiger partial charge in [-0.2, -0.15) is 10.4 Å². The van der Waals surface area contributed by atoms with Crippen LogP contribution in [0, 0.1) is 11.3 Å². The predicted octanol–water partition coefficient (Wildman–Crippen LogP) is 3.33. The molecule has 10 heteroatoms. The largest absolute Gasteiger partial charge is 0.345 e. The number of hydrogen-bond acceptors (Lipinski definition) is 6. The lowest BCUT2D eigenvalue weighted by Gasteiger charge is -2.35. The quantitative estimate of drug-likeness (QED) is 0.416. The van der Waals surface area contributed by atoms with Gasteiger partial charge in [-0.25, -0.2) is 14.5 Å². The second kappa shape index (κ2) is 6.43.